The van der Waals surface area contributed by atoms with Crippen molar-refractivity contribution in [2.75, 3.05) is 0 Å². The quantitative estimate of drug-likeness (QED) is 0.517. The van der Waals surface area contributed by atoms with Crippen LogP contribution in [-0.2, 0) is 0 Å². The van der Waals surface area contributed by atoms with E-state index in [9.17, 15) is 5.26 Å². The topological polar surface area (TPSA) is 54.2 Å². The van der Waals surface area contributed by atoms with Gasteiger partial charge in [0.15, 0.2) is 0 Å². The van der Waals surface area contributed by atoms with E-state index in [0.29, 0.717) is 21.9 Å². The van der Waals surface area contributed by atoms with Gasteiger partial charge in [-0.25, -0.2) is 4.98 Å². The number of hydrogen-bond donors (Lipinski definition) is 0. The summed E-state index contributed by atoms with van der Waals surface area (Å²) < 4.78 is 7.39. The first-order valence-corrected chi connectivity index (χ1v) is 7.13. The smallest absolute Gasteiger partial charge is 0.138 e. The van der Waals surface area contributed by atoms with Gasteiger partial charge in [-0.05, 0) is 36.8 Å². The zero-order valence-corrected chi connectivity index (χ0v) is 12.4. The summed E-state index contributed by atoms with van der Waals surface area (Å²) >= 11 is 6.66. The van der Waals surface area contributed by atoms with Gasteiger partial charge in [-0.15, -0.1) is 0 Å². The van der Waals surface area contributed by atoms with Crippen molar-refractivity contribution in [3.63, 3.8) is 0 Å². The summed E-state index contributed by atoms with van der Waals surface area (Å²) in [5, 5.41) is 10.1. The van der Waals surface area contributed by atoms with Crippen LogP contribution in [0.3, 0.4) is 0 Å². The van der Waals surface area contributed by atoms with Crippen molar-refractivity contribution in [2.45, 2.75) is 6.92 Å². The molecule has 0 atom stereocenters. The van der Waals surface area contributed by atoms with Crippen LogP contribution in [0.1, 0.15) is 11.1 Å². The molecule has 22 heavy (non-hydrogen) atoms. The molecule has 0 aliphatic rings. The average molecular weight is 308 g/mol. The van der Waals surface area contributed by atoms with Crippen molar-refractivity contribution in [3.05, 3.63) is 58.9 Å². The summed E-state index contributed by atoms with van der Waals surface area (Å²) in [6.07, 6.45) is 3.48. The van der Waals surface area contributed by atoms with Crippen LogP contribution in [0, 0.1) is 18.3 Å². The Bertz CT molecular complexity index is 1060. The second-order valence-corrected chi connectivity index (χ2v) is 5.39. The molecule has 4 rings (SSSR count). The molecule has 3 aromatic heterocycles. The highest BCUT2D eigenvalue weighted by molar-refractivity contribution is 6.38. The van der Waals surface area contributed by atoms with Gasteiger partial charge < -0.3 is 4.42 Å². The lowest BCUT2D eigenvalue weighted by atomic mass is 9.99. The minimum Gasteiger partial charge on any atom is -0.464 e. The fourth-order valence-electron chi connectivity index (χ4n) is 2.82. The molecule has 0 bridgehead atoms. The summed E-state index contributed by atoms with van der Waals surface area (Å²) in [5.41, 5.74) is 4.14. The van der Waals surface area contributed by atoms with Crippen molar-refractivity contribution in [1.82, 2.24) is 9.38 Å². The van der Waals surface area contributed by atoms with Gasteiger partial charge in [0.25, 0.3) is 0 Å². The van der Waals surface area contributed by atoms with Crippen molar-refractivity contribution < 1.29 is 4.42 Å². The lowest BCUT2D eigenvalue weighted by Gasteiger charge is -2.09. The zero-order chi connectivity index (χ0) is 15.3. The highest BCUT2D eigenvalue weighted by Gasteiger charge is 2.22. The molecule has 0 amide bonds. The second-order valence-electron chi connectivity index (χ2n) is 5.02. The summed E-state index contributed by atoms with van der Waals surface area (Å²) in [7, 11) is 0. The Morgan fingerprint density at radius 1 is 1.27 bits per heavy atom. The van der Waals surface area contributed by atoms with E-state index in [0.717, 1.165) is 22.3 Å². The molecule has 0 aliphatic carbocycles. The highest BCUT2D eigenvalue weighted by atomic mass is 35.5. The van der Waals surface area contributed by atoms with E-state index in [1.54, 1.807) is 12.3 Å². The van der Waals surface area contributed by atoms with E-state index < -0.39 is 0 Å². The van der Waals surface area contributed by atoms with Crippen LogP contribution in [-0.4, -0.2) is 9.38 Å². The third-order valence-electron chi connectivity index (χ3n) is 3.82. The Hall–Kier alpha value is -2.77. The van der Waals surface area contributed by atoms with Gasteiger partial charge in [0.1, 0.15) is 23.0 Å². The third-order valence-corrected chi connectivity index (χ3v) is 4.19. The molecule has 3 heterocycles. The number of pyridine rings is 1. The van der Waals surface area contributed by atoms with Crippen LogP contribution in [0.25, 0.3) is 28.0 Å². The van der Waals surface area contributed by atoms with Crippen molar-refractivity contribution in [3.8, 4) is 17.4 Å². The molecule has 4 nitrogen and oxygen atoms in total. The first-order valence-electron chi connectivity index (χ1n) is 6.75. The fraction of sp³-hybridized carbons (Fsp3) is 0.0588. The summed E-state index contributed by atoms with van der Waals surface area (Å²) in [6, 6.07) is 11.6. The number of nitrogens with zero attached hydrogens (tertiary/aromatic N) is 3. The van der Waals surface area contributed by atoms with Crippen molar-refractivity contribution in [2.24, 2.45) is 0 Å². The van der Waals surface area contributed by atoms with E-state index >= 15 is 0 Å². The first kappa shape index (κ1) is 12.9. The number of furan rings is 1. The van der Waals surface area contributed by atoms with Crippen LogP contribution in [0.4, 0.5) is 0 Å². The number of halogens is 1. The molecule has 4 aromatic rings. The molecule has 0 N–H and O–H groups in total. The number of imidazole rings is 1. The van der Waals surface area contributed by atoms with Gasteiger partial charge >= 0.3 is 0 Å². The van der Waals surface area contributed by atoms with Gasteiger partial charge in [-0.2, -0.15) is 5.26 Å². The van der Waals surface area contributed by atoms with Crippen LogP contribution >= 0.6 is 11.6 Å². The molecular formula is C17H10ClN3O. The Kier molecular flexibility index (Phi) is 2.72. The van der Waals surface area contributed by atoms with Crippen LogP contribution in [0.5, 0.6) is 0 Å². The Morgan fingerprint density at radius 3 is 2.86 bits per heavy atom. The molecule has 0 saturated carbocycles. The Balaban J connectivity index is 2.28. The molecule has 1 aromatic carbocycles. The third kappa shape index (κ3) is 1.60. The normalized spacial score (nSPS) is 11.1. The van der Waals surface area contributed by atoms with Gasteiger partial charge in [0.05, 0.1) is 22.4 Å². The summed E-state index contributed by atoms with van der Waals surface area (Å²) in [5.74, 6) is 0.645. The van der Waals surface area contributed by atoms with Gasteiger partial charge in [-0.3, -0.25) is 4.40 Å². The van der Waals surface area contributed by atoms with Gasteiger partial charge in [-0.1, -0.05) is 17.7 Å². The average Bonchev–Trinajstić information content (AvgIpc) is 3.15. The van der Waals surface area contributed by atoms with E-state index in [4.69, 9.17) is 16.0 Å². The van der Waals surface area contributed by atoms with Crippen LogP contribution < -0.4 is 0 Å². The molecule has 106 valence electrons. The molecule has 0 radical (unpaired) electrons. The fourth-order valence-corrected chi connectivity index (χ4v) is 3.23. The van der Waals surface area contributed by atoms with Crippen LogP contribution in [0.15, 0.2) is 47.2 Å². The second kappa shape index (κ2) is 4.62. The molecule has 0 spiro atoms. The van der Waals surface area contributed by atoms with Crippen molar-refractivity contribution in [1.29, 1.82) is 5.26 Å². The first-order chi connectivity index (χ1) is 10.7. The number of aromatic nitrogens is 2. The molecule has 0 aliphatic heterocycles. The van der Waals surface area contributed by atoms with E-state index in [-0.39, 0.29) is 0 Å². The lowest BCUT2D eigenvalue weighted by Crippen LogP contribution is -1.93. The minimum absolute atomic E-state index is 0.523. The monoisotopic (exact) mass is 307 g/mol. The van der Waals surface area contributed by atoms with Crippen LogP contribution in [0.2, 0.25) is 5.02 Å². The maximum absolute atomic E-state index is 9.58. The molecule has 0 unspecified atom stereocenters. The zero-order valence-electron chi connectivity index (χ0n) is 11.7. The molecule has 5 heteroatoms. The maximum atomic E-state index is 9.58. The number of benzene rings is 1. The number of fused-ring (bicyclic) bond motifs is 3. The van der Waals surface area contributed by atoms with E-state index in [1.165, 1.54) is 0 Å². The SMILES string of the molecule is Cc1c(-c2ccco2)c(Cl)c2c(nc3ccccn32)c1C#N. The molecule has 0 saturated heterocycles. The standard InChI is InChI=1S/C17H10ClN3O/c1-10-11(9-19)16-17(21-7-3-2-6-13(21)20-16)15(18)14(10)12-5-4-8-22-12/h2-8H,1H3. The highest BCUT2D eigenvalue weighted by Crippen LogP contribution is 2.40. The molecular weight excluding hydrogens is 298 g/mol. The Morgan fingerprint density at radius 2 is 2.14 bits per heavy atom. The maximum Gasteiger partial charge on any atom is 0.138 e. The van der Waals surface area contributed by atoms with E-state index in [2.05, 4.69) is 11.1 Å². The van der Waals surface area contributed by atoms with Crippen molar-refractivity contribution >= 4 is 28.3 Å². The predicted molar refractivity (Wildman–Crippen MR) is 84.9 cm³/mol. The minimum atomic E-state index is 0.523. The Labute approximate surface area is 131 Å². The largest absolute Gasteiger partial charge is 0.464 e. The number of nitriles is 1. The molecule has 0 fully saturated rings. The number of hydrogen-bond acceptors (Lipinski definition) is 3. The van der Waals surface area contributed by atoms with Gasteiger partial charge in [0.2, 0.25) is 0 Å². The van der Waals surface area contributed by atoms with Gasteiger partial charge in [0, 0.05) is 11.8 Å². The number of rotatable bonds is 1. The predicted octanol–water partition coefficient (Wildman–Crippen LogP) is 4.58. The summed E-state index contributed by atoms with van der Waals surface area (Å²) in [6.45, 7) is 1.87. The lowest BCUT2D eigenvalue weighted by molar-refractivity contribution is 0.582. The summed E-state index contributed by atoms with van der Waals surface area (Å²) in [4.78, 5) is 4.56. The van der Waals surface area contributed by atoms with E-state index in [1.807, 2.05) is 41.8 Å².